The first-order valence-electron chi connectivity index (χ1n) is 2.85. The predicted octanol–water partition coefficient (Wildman–Crippen LogP) is 1.88. The SMILES string of the molecule is C[S@@](=N)(=O)c1cc(Br)ccn1. The van der Waals surface area contributed by atoms with Crippen molar-refractivity contribution in [3.63, 3.8) is 0 Å². The molecule has 1 heterocycles. The Balaban J connectivity index is 3.28. The lowest BCUT2D eigenvalue weighted by Gasteiger charge is -1.98. The maximum Gasteiger partial charge on any atom is 0.136 e. The summed E-state index contributed by atoms with van der Waals surface area (Å²) in [5.41, 5.74) is 0. The third kappa shape index (κ3) is 2.27. The zero-order valence-corrected chi connectivity index (χ0v) is 8.28. The molecule has 60 valence electrons. The van der Waals surface area contributed by atoms with Crippen LogP contribution < -0.4 is 0 Å². The second-order valence-corrected chi connectivity index (χ2v) is 5.18. The summed E-state index contributed by atoms with van der Waals surface area (Å²) in [6, 6.07) is 3.32. The first-order valence-corrected chi connectivity index (χ1v) is 5.61. The number of nitrogens with one attached hydrogen (secondary N) is 1. The van der Waals surface area contributed by atoms with Crippen LogP contribution in [-0.4, -0.2) is 15.4 Å². The van der Waals surface area contributed by atoms with Crippen LogP contribution in [0.3, 0.4) is 0 Å². The van der Waals surface area contributed by atoms with Crippen molar-refractivity contribution in [1.29, 1.82) is 4.78 Å². The van der Waals surface area contributed by atoms with Gasteiger partial charge in [-0.15, -0.1) is 0 Å². The Labute approximate surface area is 74.0 Å². The summed E-state index contributed by atoms with van der Waals surface area (Å²) < 4.78 is 19.1. The van der Waals surface area contributed by atoms with Crippen molar-refractivity contribution in [2.24, 2.45) is 0 Å². The number of hydrogen-bond donors (Lipinski definition) is 1. The molecule has 5 heteroatoms. The molecule has 0 aliphatic heterocycles. The van der Waals surface area contributed by atoms with E-state index in [9.17, 15) is 4.21 Å². The van der Waals surface area contributed by atoms with E-state index < -0.39 is 9.73 Å². The summed E-state index contributed by atoms with van der Waals surface area (Å²) >= 11 is 3.21. The average molecular weight is 235 g/mol. The van der Waals surface area contributed by atoms with E-state index >= 15 is 0 Å². The van der Waals surface area contributed by atoms with Gasteiger partial charge in [0.2, 0.25) is 0 Å². The molecule has 1 atom stereocenters. The van der Waals surface area contributed by atoms with Crippen LogP contribution in [0.25, 0.3) is 0 Å². The average Bonchev–Trinajstić information content (AvgIpc) is 1.86. The van der Waals surface area contributed by atoms with Crippen molar-refractivity contribution in [1.82, 2.24) is 4.98 Å². The molecule has 0 unspecified atom stereocenters. The molecule has 0 spiro atoms. The van der Waals surface area contributed by atoms with Gasteiger partial charge in [0.25, 0.3) is 0 Å². The van der Waals surface area contributed by atoms with Crippen LogP contribution in [0.2, 0.25) is 0 Å². The molecule has 11 heavy (non-hydrogen) atoms. The van der Waals surface area contributed by atoms with Gasteiger partial charge in [-0.05, 0) is 12.1 Å². The van der Waals surface area contributed by atoms with Crippen molar-refractivity contribution in [3.05, 3.63) is 22.8 Å². The van der Waals surface area contributed by atoms with Crippen LogP contribution in [0.5, 0.6) is 0 Å². The molecule has 0 aliphatic carbocycles. The molecule has 3 nitrogen and oxygen atoms in total. The standard InChI is InChI=1S/C6H7BrN2OS/c1-11(8,10)6-4-5(7)2-3-9-6/h2-4,8H,1H3/t11-/m1/s1. The summed E-state index contributed by atoms with van der Waals surface area (Å²) in [5, 5.41) is 0.312. The van der Waals surface area contributed by atoms with Gasteiger partial charge in [0.15, 0.2) is 0 Å². The maximum absolute atomic E-state index is 11.1. The van der Waals surface area contributed by atoms with E-state index in [1.807, 2.05) is 0 Å². The Morgan fingerprint density at radius 1 is 1.73 bits per heavy atom. The van der Waals surface area contributed by atoms with E-state index in [-0.39, 0.29) is 0 Å². The zero-order chi connectivity index (χ0) is 8.48. The Morgan fingerprint density at radius 2 is 2.36 bits per heavy atom. The summed E-state index contributed by atoms with van der Waals surface area (Å²) in [7, 11) is -2.67. The first kappa shape index (κ1) is 8.67. The molecule has 1 N–H and O–H groups in total. The van der Waals surface area contributed by atoms with Crippen LogP contribution in [0, 0.1) is 4.78 Å². The highest BCUT2D eigenvalue weighted by atomic mass is 79.9. The van der Waals surface area contributed by atoms with E-state index in [0.29, 0.717) is 5.03 Å². The number of pyridine rings is 1. The molecule has 0 fully saturated rings. The lowest BCUT2D eigenvalue weighted by atomic mass is 10.5. The Bertz CT molecular complexity index is 361. The second kappa shape index (κ2) is 2.91. The van der Waals surface area contributed by atoms with Gasteiger partial charge in [0.05, 0.1) is 9.73 Å². The topological polar surface area (TPSA) is 53.8 Å². The van der Waals surface area contributed by atoms with Crippen molar-refractivity contribution in [3.8, 4) is 0 Å². The largest absolute Gasteiger partial charge is 0.248 e. The zero-order valence-electron chi connectivity index (χ0n) is 5.87. The molecule has 0 radical (unpaired) electrons. The monoisotopic (exact) mass is 234 g/mol. The molecule has 1 rings (SSSR count). The fourth-order valence-corrected chi connectivity index (χ4v) is 1.70. The highest BCUT2D eigenvalue weighted by Gasteiger charge is 2.03. The number of halogens is 1. The summed E-state index contributed by atoms with van der Waals surface area (Å²) in [5.74, 6) is 0. The van der Waals surface area contributed by atoms with Crippen LogP contribution in [0.15, 0.2) is 27.8 Å². The van der Waals surface area contributed by atoms with Gasteiger partial charge in [-0.3, -0.25) is 0 Å². The molecule has 0 aliphatic rings. The predicted molar refractivity (Wildman–Crippen MR) is 47.0 cm³/mol. The van der Waals surface area contributed by atoms with Gasteiger partial charge in [0, 0.05) is 16.9 Å². The van der Waals surface area contributed by atoms with Gasteiger partial charge < -0.3 is 0 Å². The fourth-order valence-electron chi connectivity index (χ4n) is 0.598. The number of hydrogen-bond acceptors (Lipinski definition) is 3. The van der Waals surface area contributed by atoms with Crippen molar-refractivity contribution in [2.45, 2.75) is 5.03 Å². The van der Waals surface area contributed by atoms with E-state index in [4.69, 9.17) is 4.78 Å². The van der Waals surface area contributed by atoms with Crippen LogP contribution in [-0.2, 0) is 9.73 Å². The molecular weight excluding hydrogens is 228 g/mol. The first-order chi connectivity index (χ1) is 5.00. The molecule has 0 aromatic carbocycles. The minimum atomic E-state index is -2.67. The number of nitrogens with zero attached hydrogens (tertiary/aromatic N) is 1. The third-order valence-electron chi connectivity index (χ3n) is 1.10. The van der Waals surface area contributed by atoms with Crippen molar-refractivity contribution in [2.75, 3.05) is 6.26 Å². The Kier molecular flexibility index (Phi) is 2.29. The fraction of sp³-hybridized carbons (Fsp3) is 0.167. The van der Waals surface area contributed by atoms with Gasteiger partial charge in [-0.1, -0.05) is 15.9 Å². The lowest BCUT2D eigenvalue weighted by molar-refractivity contribution is 0.676. The molecule has 0 amide bonds. The molecular formula is C6H7BrN2OS. The molecule has 1 aromatic heterocycles. The quantitative estimate of drug-likeness (QED) is 0.807. The van der Waals surface area contributed by atoms with Crippen LogP contribution in [0.4, 0.5) is 0 Å². The Morgan fingerprint density at radius 3 is 2.73 bits per heavy atom. The molecule has 1 aromatic rings. The highest BCUT2D eigenvalue weighted by molar-refractivity contribution is 9.10. The van der Waals surface area contributed by atoms with E-state index in [1.165, 1.54) is 12.5 Å². The number of rotatable bonds is 1. The van der Waals surface area contributed by atoms with Crippen molar-refractivity contribution >= 4 is 25.7 Å². The summed E-state index contributed by atoms with van der Waals surface area (Å²) in [6.07, 6.45) is 2.87. The second-order valence-electron chi connectivity index (χ2n) is 2.16. The van der Waals surface area contributed by atoms with E-state index in [1.54, 1.807) is 12.1 Å². The van der Waals surface area contributed by atoms with Gasteiger partial charge in [0.1, 0.15) is 5.03 Å². The van der Waals surface area contributed by atoms with Crippen molar-refractivity contribution < 1.29 is 4.21 Å². The highest BCUT2D eigenvalue weighted by Crippen LogP contribution is 2.12. The van der Waals surface area contributed by atoms with Gasteiger partial charge in [-0.2, -0.15) is 0 Å². The maximum atomic E-state index is 11.1. The normalized spacial score (nSPS) is 15.8. The van der Waals surface area contributed by atoms with E-state index in [2.05, 4.69) is 20.9 Å². The minimum Gasteiger partial charge on any atom is -0.248 e. The summed E-state index contributed by atoms with van der Waals surface area (Å²) in [4.78, 5) is 3.82. The van der Waals surface area contributed by atoms with E-state index in [0.717, 1.165) is 4.47 Å². The van der Waals surface area contributed by atoms with Crippen LogP contribution >= 0.6 is 15.9 Å². The molecule has 0 saturated heterocycles. The Hall–Kier alpha value is -0.420. The minimum absolute atomic E-state index is 0.312. The van der Waals surface area contributed by atoms with Gasteiger partial charge in [-0.25, -0.2) is 14.0 Å². The lowest BCUT2D eigenvalue weighted by Crippen LogP contribution is -1.97. The number of aromatic nitrogens is 1. The van der Waals surface area contributed by atoms with Gasteiger partial charge >= 0.3 is 0 Å². The van der Waals surface area contributed by atoms with Crippen LogP contribution in [0.1, 0.15) is 0 Å². The molecule has 0 saturated carbocycles. The molecule has 0 bridgehead atoms. The summed E-state index contributed by atoms with van der Waals surface area (Å²) in [6.45, 7) is 0. The smallest absolute Gasteiger partial charge is 0.136 e. The third-order valence-corrected chi connectivity index (χ3v) is 2.61.